The van der Waals surface area contributed by atoms with E-state index < -0.39 is 0 Å². The maximum absolute atomic E-state index is 10.0. The van der Waals surface area contributed by atoms with Crippen LogP contribution in [0.2, 0.25) is 0 Å². The van der Waals surface area contributed by atoms with Crippen molar-refractivity contribution in [2.24, 2.45) is 5.16 Å². The molecule has 0 saturated heterocycles. The van der Waals surface area contributed by atoms with Crippen molar-refractivity contribution in [2.45, 2.75) is 19.3 Å². The third-order valence-corrected chi connectivity index (χ3v) is 7.49. The SMILES string of the molecule is COc1cc(/C=C2\CCC/C(=C\c3cc(OC)c(OC)c(OC)c3Br)C2=NO)c(Br)c(OC)c1OC. The van der Waals surface area contributed by atoms with Gasteiger partial charge in [0.2, 0.25) is 11.5 Å². The van der Waals surface area contributed by atoms with E-state index in [-0.39, 0.29) is 0 Å². The topological polar surface area (TPSA) is 88.0 Å². The second-order valence-corrected chi connectivity index (χ2v) is 9.32. The number of allylic oxidation sites excluding steroid dienone is 2. The van der Waals surface area contributed by atoms with Crippen molar-refractivity contribution in [3.05, 3.63) is 43.4 Å². The fourth-order valence-electron chi connectivity index (χ4n) is 4.19. The lowest BCUT2D eigenvalue weighted by Gasteiger charge is -2.21. The molecule has 1 aliphatic rings. The van der Waals surface area contributed by atoms with Gasteiger partial charge in [0, 0.05) is 0 Å². The van der Waals surface area contributed by atoms with Gasteiger partial charge in [0.05, 0.1) is 51.6 Å². The molecular formula is C26H29Br2NO7. The van der Waals surface area contributed by atoms with Crippen LogP contribution in [0.4, 0.5) is 0 Å². The molecule has 8 nitrogen and oxygen atoms in total. The van der Waals surface area contributed by atoms with E-state index in [0.29, 0.717) is 49.2 Å². The summed E-state index contributed by atoms with van der Waals surface area (Å²) in [5, 5.41) is 13.7. The largest absolute Gasteiger partial charge is 0.493 e. The third-order valence-electron chi connectivity index (χ3n) is 5.86. The molecule has 3 rings (SSSR count). The number of oxime groups is 1. The summed E-state index contributed by atoms with van der Waals surface area (Å²) in [6, 6.07) is 3.70. The quantitative estimate of drug-likeness (QED) is 0.256. The van der Waals surface area contributed by atoms with Gasteiger partial charge in [-0.15, -0.1) is 0 Å². The Morgan fingerprint density at radius 1 is 0.667 bits per heavy atom. The predicted molar refractivity (Wildman–Crippen MR) is 147 cm³/mol. The van der Waals surface area contributed by atoms with Crippen molar-refractivity contribution < 1.29 is 33.6 Å². The van der Waals surface area contributed by atoms with E-state index >= 15 is 0 Å². The molecule has 1 N–H and O–H groups in total. The highest BCUT2D eigenvalue weighted by atomic mass is 79.9. The second-order valence-electron chi connectivity index (χ2n) is 7.74. The number of methoxy groups -OCH3 is 6. The fourth-order valence-corrected chi connectivity index (χ4v) is 5.33. The van der Waals surface area contributed by atoms with Crippen molar-refractivity contribution in [2.75, 3.05) is 42.7 Å². The second kappa shape index (κ2) is 12.4. The van der Waals surface area contributed by atoms with Gasteiger partial charge in [-0.2, -0.15) is 0 Å². The van der Waals surface area contributed by atoms with E-state index in [1.807, 2.05) is 24.3 Å². The molecule has 36 heavy (non-hydrogen) atoms. The summed E-state index contributed by atoms with van der Waals surface area (Å²) in [5.74, 6) is 3.06. The summed E-state index contributed by atoms with van der Waals surface area (Å²) < 4.78 is 34.5. The summed E-state index contributed by atoms with van der Waals surface area (Å²) in [7, 11) is 9.38. The van der Waals surface area contributed by atoms with Crippen molar-refractivity contribution in [3.63, 3.8) is 0 Å². The van der Waals surface area contributed by atoms with Crippen LogP contribution in [0.3, 0.4) is 0 Å². The monoisotopic (exact) mass is 625 g/mol. The number of rotatable bonds is 8. The van der Waals surface area contributed by atoms with E-state index in [9.17, 15) is 5.21 Å². The van der Waals surface area contributed by atoms with Crippen LogP contribution in [0.1, 0.15) is 30.4 Å². The first-order valence-electron chi connectivity index (χ1n) is 11.0. The minimum atomic E-state index is 0.488. The number of halogens is 2. The van der Waals surface area contributed by atoms with Crippen molar-refractivity contribution in [3.8, 4) is 34.5 Å². The van der Waals surface area contributed by atoms with Crippen LogP contribution >= 0.6 is 31.9 Å². The zero-order valence-corrected chi connectivity index (χ0v) is 24.2. The van der Waals surface area contributed by atoms with E-state index in [4.69, 9.17) is 28.4 Å². The molecule has 2 aromatic rings. The number of nitrogens with zero attached hydrogens (tertiary/aromatic N) is 1. The van der Waals surface area contributed by atoms with Crippen molar-refractivity contribution in [1.29, 1.82) is 0 Å². The van der Waals surface area contributed by atoms with Crippen LogP contribution in [0.15, 0.2) is 37.4 Å². The standard InChI is InChI=1S/C26H29Br2NO7/c1-31-18-12-16(20(27)25(35-5)23(18)33-3)10-14-8-7-9-15(22(14)29-30)11-17-13-19(32-2)24(34-4)26(36-6)21(17)28/h10-13,30H,7-9H2,1-6H3/b14-10+,15-11+. The van der Waals surface area contributed by atoms with Gasteiger partial charge in [0.1, 0.15) is 5.71 Å². The van der Waals surface area contributed by atoms with Gasteiger partial charge in [0.25, 0.3) is 0 Å². The van der Waals surface area contributed by atoms with Crippen LogP contribution < -0.4 is 28.4 Å². The summed E-state index contributed by atoms with van der Waals surface area (Å²) >= 11 is 7.24. The Kier molecular flexibility index (Phi) is 9.56. The number of hydrogen-bond donors (Lipinski definition) is 1. The molecule has 194 valence electrons. The summed E-state index contributed by atoms with van der Waals surface area (Å²) in [5.41, 5.74) is 3.84. The van der Waals surface area contributed by atoms with E-state index in [2.05, 4.69) is 37.0 Å². The lowest BCUT2D eigenvalue weighted by Crippen LogP contribution is -2.13. The first-order valence-corrected chi connectivity index (χ1v) is 12.6. The Labute approximate surface area is 227 Å². The average Bonchev–Trinajstić information content (AvgIpc) is 2.90. The molecule has 0 unspecified atom stereocenters. The maximum atomic E-state index is 10.0. The molecule has 0 spiro atoms. The Hall–Kier alpha value is -2.85. The molecule has 0 amide bonds. The molecule has 10 heteroatoms. The maximum Gasteiger partial charge on any atom is 0.204 e. The molecule has 1 fully saturated rings. The van der Waals surface area contributed by atoms with E-state index in [0.717, 1.165) is 41.5 Å². The number of hydrogen-bond acceptors (Lipinski definition) is 8. The predicted octanol–water partition coefficient (Wildman–Crippen LogP) is 6.74. The first kappa shape index (κ1) is 27.7. The van der Waals surface area contributed by atoms with E-state index in [1.165, 1.54) is 0 Å². The van der Waals surface area contributed by atoms with Gasteiger partial charge in [-0.1, -0.05) is 5.16 Å². The van der Waals surface area contributed by atoms with Gasteiger partial charge in [-0.25, -0.2) is 0 Å². The number of ether oxygens (including phenoxy) is 6. The highest BCUT2D eigenvalue weighted by molar-refractivity contribution is 9.11. The molecule has 0 aliphatic heterocycles. The molecule has 0 atom stereocenters. The van der Waals surface area contributed by atoms with Gasteiger partial charge in [-0.3, -0.25) is 0 Å². The Morgan fingerprint density at radius 2 is 1.06 bits per heavy atom. The molecule has 0 bridgehead atoms. The summed E-state index contributed by atoms with van der Waals surface area (Å²) in [6.07, 6.45) is 6.26. The third kappa shape index (κ3) is 5.29. The Balaban J connectivity index is 2.13. The molecular weight excluding hydrogens is 598 g/mol. The van der Waals surface area contributed by atoms with Crippen LogP contribution in [-0.2, 0) is 0 Å². The highest BCUT2D eigenvalue weighted by Crippen LogP contribution is 2.47. The lowest BCUT2D eigenvalue weighted by molar-refractivity contribution is 0.318. The van der Waals surface area contributed by atoms with Crippen molar-refractivity contribution >= 4 is 49.7 Å². The van der Waals surface area contributed by atoms with Crippen molar-refractivity contribution in [1.82, 2.24) is 0 Å². The van der Waals surface area contributed by atoms with Crippen LogP contribution in [0.25, 0.3) is 12.2 Å². The lowest BCUT2D eigenvalue weighted by atomic mass is 9.86. The normalized spacial score (nSPS) is 15.6. The molecule has 0 aromatic heterocycles. The van der Waals surface area contributed by atoms with Crippen LogP contribution in [0.5, 0.6) is 34.5 Å². The van der Waals surface area contributed by atoms with Crippen LogP contribution in [-0.4, -0.2) is 53.6 Å². The molecule has 2 aromatic carbocycles. The summed E-state index contributed by atoms with van der Waals surface area (Å²) in [6.45, 7) is 0. The minimum absolute atomic E-state index is 0.488. The van der Waals surface area contributed by atoms with Gasteiger partial charge >= 0.3 is 0 Å². The Bertz CT molecular complexity index is 1130. The van der Waals surface area contributed by atoms with Gasteiger partial charge < -0.3 is 33.6 Å². The fraction of sp³-hybridized carbons (Fsp3) is 0.346. The average molecular weight is 627 g/mol. The minimum Gasteiger partial charge on any atom is -0.493 e. The first-order chi connectivity index (χ1) is 17.4. The molecule has 0 heterocycles. The van der Waals surface area contributed by atoms with Crippen LogP contribution in [0, 0.1) is 0 Å². The number of benzene rings is 2. The van der Waals surface area contributed by atoms with Gasteiger partial charge in [0.15, 0.2) is 23.0 Å². The Morgan fingerprint density at radius 3 is 1.36 bits per heavy atom. The smallest absolute Gasteiger partial charge is 0.204 e. The molecule has 1 saturated carbocycles. The zero-order chi connectivity index (χ0) is 26.4. The molecule has 0 radical (unpaired) electrons. The highest BCUT2D eigenvalue weighted by Gasteiger charge is 2.24. The van der Waals surface area contributed by atoms with E-state index in [1.54, 1.807) is 42.7 Å². The summed E-state index contributed by atoms with van der Waals surface area (Å²) in [4.78, 5) is 0. The zero-order valence-electron chi connectivity index (χ0n) is 21.0. The van der Waals surface area contributed by atoms with Gasteiger partial charge in [-0.05, 0) is 97.7 Å². The molecule has 1 aliphatic carbocycles.